The molecule has 192 valence electrons. The first kappa shape index (κ1) is 24.9. The molecule has 2 N–H and O–H groups in total. The zero-order valence-electron chi connectivity index (χ0n) is 20.0. The highest BCUT2D eigenvalue weighted by atomic mass is 19.4. The number of aryl methyl sites for hydroxylation is 1. The second-order valence-corrected chi connectivity index (χ2v) is 8.79. The summed E-state index contributed by atoms with van der Waals surface area (Å²) in [5.41, 5.74) is 2.11. The maximum atomic E-state index is 13.0. The summed E-state index contributed by atoms with van der Waals surface area (Å²) < 4.78 is 38.9. The summed E-state index contributed by atoms with van der Waals surface area (Å²) in [5, 5.41) is 12.1. The SMILES string of the molecule is Cc1cnc(NC(=O)c2cc(C(F)(F)F)cnn2)cc1-c1ccnc(-c2ccnc(NC(=O)C3CC3)c2)c1. The molecule has 0 unspecified atom stereocenters. The fourth-order valence-electron chi connectivity index (χ4n) is 3.70. The fourth-order valence-corrected chi connectivity index (χ4v) is 3.70. The molecule has 0 spiro atoms. The number of hydrogen-bond acceptors (Lipinski definition) is 7. The second-order valence-electron chi connectivity index (χ2n) is 8.79. The molecule has 4 aromatic heterocycles. The molecular formula is C26H20F3N7O2. The molecule has 4 heterocycles. The van der Waals surface area contributed by atoms with Crippen molar-refractivity contribution in [3.05, 3.63) is 78.0 Å². The van der Waals surface area contributed by atoms with E-state index in [4.69, 9.17) is 0 Å². The van der Waals surface area contributed by atoms with Crippen LogP contribution in [0.15, 0.2) is 61.2 Å². The third kappa shape index (κ3) is 5.64. The van der Waals surface area contributed by atoms with Crippen molar-refractivity contribution >= 4 is 23.5 Å². The number of carbonyl (C=O) groups is 2. The average Bonchev–Trinajstić information content (AvgIpc) is 3.75. The average molecular weight is 519 g/mol. The third-order valence-electron chi connectivity index (χ3n) is 5.89. The van der Waals surface area contributed by atoms with Crippen LogP contribution in [0.5, 0.6) is 0 Å². The van der Waals surface area contributed by atoms with Crippen LogP contribution in [0.25, 0.3) is 22.4 Å². The van der Waals surface area contributed by atoms with E-state index in [0.29, 0.717) is 23.8 Å². The van der Waals surface area contributed by atoms with Crippen molar-refractivity contribution in [1.29, 1.82) is 0 Å². The van der Waals surface area contributed by atoms with Crippen molar-refractivity contribution in [3.8, 4) is 22.4 Å². The highest BCUT2D eigenvalue weighted by Crippen LogP contribution is 2.32. The molecule has 38 heavy (non-hydrogen) atoms. The summed E-state index contributed by atoms with van der Waals surface area (Å²) in [7, 11) is 0. The van der Waals surface area contributed by atoms with Crippen molar-refractivity contribution in [2.24, 2.45) is 5.92 Å². The minimum absolute atomic E-state index is 0.0468. The quantitative estimate of drug-likeness (QED) is 0.371. The van der Waals surface area contributed by atoms with E-state index in [9.17, 15) is 22.8 Å². The van der Waals surface area contributed by atoms with Crippen LogP contribution in [0.3, 0.4) is 0 Å². The number of nitrogens with zero attached hydrogens (tertiary/aromatic N) is 5. The van der Waals surface area contributed by atoms with Gasteiger partial charge in [-0.3, -0.25) is 14.6 Å². The fraction of sp³-hybridized carbons (Fsp3) is 0.192. The number of amides is 2. The van der Waals surface area contributed by atoms with Gasteiger partial charge in [-0.2, -0.15) is 18.3 Å². The van der Waals surface area contributed by atoms with Gasteiger partial charge in [-0.15, -0.1) is 5.10 Å². The van der Waals surface area contributed by atoms with E-state index >= 15 is 0 Å². The van der Waals surface area contributed by atoms with Gasteiger partial charge in [0.15, 0.2) is 5.69 Å². The number of nitrogens with one attached hydrogen (secondary N) is 2. The molecule has 0 radical (unpaired) electrons. The molecule has 4 aromatic rings. The zero-order valence-corrected chi connectivity index (χ0v) is 20.0. The maximum Gasteiger partial charge on any atom is 0.418 e. The highest BCUT2D eigenvalue weighted by Gasteiger charge is 2.32. The monoisotopic (exact) mass is 519 g/mol. The Bertz CT molecular complexity index is 1540. The Morgan fingerprint density at radius 2 is 1.63 bits per heavy atom. The van der Waals surface area contributed by atoms with Crippen molar-refractivity contribution in [3.63, 3.8) is 0 Å². The Balaban J connectivity index is 1.38. The number of aromatic nitrogens is 5. The minimum Gasteiger partial charge on any atom is -0.310 e. The van der Waals surface area contributed by atoms with Crippen LogP contribution < -0.4 is 10.6 Å². The van der Waals surface area contributed by atoms with E-state index in [1.807, 2.05) is 13.0 Å². The van der Waals surface area contributed by atoms with Gasteiger partial charge in [0.05, 0.1) is 17.5 Å². The van der Waals surface area contributed by atoms with Crippen LogP contribution >= 0.6 is 0 Å². The minimum atomic E-state index is -4.66. The number of halogens is 3. The number of carbonyl (C=O) groups excluding carboxylic acids is 2. The smallest absolute Gasteiger partial charge is 0.310 e. The van der Waals surface area contributed by atoms with Gasteiger partial charge in [-0.25, -0.2) is 9.97 Å². The molecule has 1 saturated carbocycles. The molecule has 2 amide bonds. The lowest BCUT2D eigenvalue weighted by Gasteiger charge is -2.11. The van der Waals surface area contributed by atoms with E-state index in [1.165, 1.54) is 0 Å². The Labute approximate surface area is 214 Å². The molecule has 0 aliphatic heterocycles. The van der Waals surface area contributed by atoms with Crippen molar-refractivity contribution in [2.75, 3.05) is 10.6 Å². The Morgan fingerprint density at radius 1 is 0.895 bits per heavy atom. The van der Waals surface area contributed by atoms with Gasteiger partial charge in [0, 0.05) is 30.1 Å². The van der Waals surface area contributed by atoms with Gasteiger partial charge in [-0.05, 0) is 72.9 Å². The van der Waals surface area contributed by atoms with Gasteiger partial charge in [0.2, 0.25) is 5.91 Å². The van der Waals surface area contributed by atoms with Crippen LogP contribution in [-0.4, -0.2) is 37.0 Å². The first-order valence-corrected chi connectivity index (χ1v) is 11.6. The van der Waals surface area contributed by atoms with Crippen molar-refractivity contribution in [1.82, 2.24) is 25.1 Å². The van der Waals surface area contributed by atoms with Crippen LogP contribution in [0, 0.1) is 12.8 Å². The molecule has 12 heteroatoms. The lowest BCUT2D eigenvalue weighted by atomic mass is 10.0. The number of hydrogen-bond donors (Lipinski definition) is 2. The summed E-state index contributed by atoms with van der Waals surface area (Å²) in [4.78, 5) is 37.5. The van der Waals surface area contributed by atoms with E-state index in [0.717, 1.165) is 35.1 Å². The summed E-state index contributed by atoms with van der Waals surface area (Å²) in [6, 6.07) is 9.39. The van der Waals surface area contributed by atoms with E-state index < -0.39 is 23.3 Å². The largest absolute Gasteiger partial charge is 0.418 e. The molecule has 0 atom stereocenters. The van der Waals surface area contributed by atoms with Crippen LogP contribution in [-0.2, 0) is 11.0 Å². The van der Waals surface area contributed by atoms with E-state index in [2.05, 4.69) is 35.8 Å². The predicted molar refractivity (Wildman–Crippen MR) is 132 cm³/mol. The van der Waals surface area contributed by atoms with Crippen LogP contribution in [0.1, 0.15) is 34.5 Å². The first-order valence-electron chi connectivity index (χ1n) is 11.6. The maximum absolute atomic E-state index is 13.0. The molecule has 1 fully saturated rings. The highest BCUT2D eigenvalue weighted by molar-refractivity contribution is 6.02. The molecule has 1 aliphatic carbocycles. The molecule has 0 saturated heterocycles. The van der Waals surface area contributed by atoms with E-state index in [1.54, 1.807) is 42.9 Å². The topological polar surface area (TPSA) is 123 Å². The summed E-state index contributed by atoms with van der Waals surface area (Å²) >= 11 is 0. The number of rotatable bonds is 6. The van der Waals surface area contributed by atoms with Gasteiger partial charge in [-0.1, -0.05) is 0 Å². The second kappa shape index (κ2) is 9.96. The van der Waals surface area contributed by atoms with E-state index in [-0.39, 0.29) is 17.6 Å². The van der Waals surface area contributed by atoms with Crippen LogP contribution in [0.4, 0.5) is 24.8 Å². The van der Waals surface area contributed by atoms with Crippen LogP contribution in [0.2, 0.25) is 0 Å². The third-order valence-corrected chi connectivity index (χ3v) is 5.89. The first-order chi connectivity index (χ1) is 18.2. The molecule has 0 bridgehead atoms. The van der Waals surface area contributed by atoms with Gasteiger partial charge >= 0.3 is 6.18 Å². The Kier molecular flexibility index (Phi) is 6.53. The van der Waals surface area contributed by atoms with Gasteiger partial charge in [0.25, 0.3) is 5.91 Å². The number of pyridine rings is 3. The lowest BCUT2D eigenvalue weighted by Crippen LogP contribution is -2.17. The normalized spacial score (nSPS) is 13.2. The van der Waals surface area contributed by atoms with Crippen molar-refractivity contribution in [2.45, 2.75) is 25.9 Å². The molecule has 9 nitrogen and oxygen atoms in total. The Morgan fingerprint density at radius 3 is 2.39 bits per heavy atom. The molecular weight excluding hydrogens is 499 g/mol. The van der Waals surface area contributed by atoms with Gasteiger partial charge in [0.1, 0.15) is 11.6 Å². The summed E-state index contributed by atoms with van der Waals surface area (Å²) in [6.07, 6.45) is 2.43. The van der Waals surface area contributed by atoms with Crippen molar-refractivity contribution < 1.29 is 22.8 Å². The molecule has 0 aromatic carbocycles. The summed E-state index contributed by atoms with van der Waals surface area (Å²) in [5.74, 6) is -0.309. The Hall–Kier alpha value is -4.74. The molecule has 5 rings (SSSR count). The lowest BCUT2D eigenvalue weighted by molar-refractivity contribution is -0.138. The summed E-state index contributed by atoms with van der Waals surface area (Å²) in [6.45, 7) is 1.84. The number of anilines is 2. The predicted octanol–water partition coefficient (Wildman–Crippen LogP) is 4.92. The standard InChI is InChI=1S/C26H20F3N7O2/c1-14-12-32-23(35-25(38)21-10-18(13-33-36-21)26(27,28)29)11-19(14)16-4-6-30-20(8-16)17-5-7-31-22(9-17)34-24(37)15-2-3-15/h4-13,15H,2-3H2,1H3,(H,31,34,37)(H,32,35,38). The van der Waals surface area contributed by atoms with Gasteiger partial charge < -0.3 is 10.6 Å². The molecule has 1 aliphatic rings. The number of alkyl halides is 3. The zero-order chi connectivity index (χ0) is 26.9.